The number of hydrogen-bond acceptors (Lipinski definition) is 5. The minimum atomic E-state index is -3.76. The Morgan fingerprint density at radius 2 is 1.91 bits per heavy atom. The normalized spacial score (nSPS) is 23.0. The highest BCUT2D eigenvalue weighted by Crippen LogP contribution is 2.23. The van der Waals surface area contributed by atoms with Gasteiger partial charge in [0, 0.05) is 13.1 Å². The van der Waals surface area contributed by atoms with Gasteiger partial charge < -0.3 is 9.84 Å². The molecule has 0 saturated carbocycles. The Hall–Kier alpha value is -1.65. The molecule has 130 valence electrons. The molecule has 1 fully saturated rings. The highest BCUT2D eigenvalue weighted by molar-refractivity contribution is 7.90. The minimum absolute atomic E-state index is 0.188. The summed E-state index contributed by atoms with van der Waals surface area (Å²) < 4.78 is 35.8. The second kappa shape index (κ2) is 6.46. The number of ether oxygens (including phenoxy) is 1. The number of nitrogens with zero attached hydrogens (tertiary/aromatic N) is 3. The Bertz CT molecular complexity index is 689. The second-order valence-electron chi connectivity index (χ2n) is 5.78. The van der Waals surface area contributed by atoms with Gasteiger partial charge in [-0.3, -0.25) is 14.2 Å². The van der Waals surface area contributed by atoms with Gasteiger partial charge in [-0.2, -0.15) is 17.8 Å². The van der Waals surface area contributed by atoms with Crippen LogP contribution >= 0.6 is 0 Å². The van der Waals surface area contributed by atoms with Crippen LogP contribution in [-0.4, -0.2) is 58.9 Å². The zero-order valence-electron chi connectivity index (χ0n) is 13.6. The number of carboxylic acid groups (broad SMARTS) is 1. The average Bonchev–Trinajstić information content (AvgIpc) is 2.64. The molecule has 2 rings (SSSR count). The van der Waals surface area contributed by atoms with E-state index < -0.39 is 16.2 Å². The van der Waals surface area contributed by atoms with Gasteiger partial charge in [-0.15, -0.1) is 0 Å². The summed E-state index contributed by atoms with van der Waals surface area (Å²) in [5.41, 5.74) is 1.21. The van der Waals surface area contributed by atoms with Crippen molar-refractivity contribution in [3.8, 4) is 0 Å². The van der Waals surface area contributed by atoms with Gasteiger partial charge in [-0.1, -0.05) is 0 Å². The van der Waals surface area contributed by atoms with Gasteiger partial charge in [0.05, 0.1) is 29.3 Å². The van der Waals surface area contributed by atoms with Crippen LogP contribution in [0.1, 0.15) is 25.2 Å². The lowest BCUT2D eigenvalue weighted by Gasteiger charge is -2.34. The highest BCUT2D eigenvalue weighted by Gasteiger charge is 2.32. The Balaban J connectivity index is 2.24. The molecule has 0 bridgehead atoms. The monoisotopic (exact) mass is 346 g/mol. The standard InChI is InChI=1S/C13H22N4O5S/c1-8-5-16(6-9(2)22-8)23(20,21)15-13-10(3)14-17(11(13)4)7-12(18)19/h8-9,15H,5-7H2,1-4H3,(H,18,19). The first kappa shape index (κ1) is 17.7. The molecule has 1 aliphatic heterocycles. The van der Waals surface area contributed by atoms with Crippen LogP contribution in [-0.2, 0) is 26.3 Å². The van der Waals surface area contributed by atoms with Crippen LogP contribution in [0.4, 0.5) is 5.69 Å². The molecule has 2 heterocycles. The Morgan fingerprint density at radius 1 is 1.35 bits per heavy atom. The predicted octanol–water partition coefficient (Wildman–Crippen LogP) is 0.350. The van der Waals surface area contributed by atoms with Crippen molar-refractivity contribution in [1.82, 2.24) is 14.1 Å². The van der Waals surface area contributed by atoms with Crippen molar-refractivity contribution >= 4 is 21.9 Å². The van der Waals surface area contributed by atoms with Crippen LogP contribution in [0.25, 0.3) is 0 Å². The van der Waals surface area contributed by atoms with Gasteiger partial charge in [0.25, 0.3) is 0 Å². The summed E-state index contributed by atoms with van der Waals surface area (Å²) in [6.07, 6.45) is -0.375. The summed E-state index contributed by atoms with van der Waals surface area (Å²) in [4.78, 5) is 10.8. The first-order valence-electron chi connectivity index (χ1n) is 7.29. The molecule has 1 aliphatic rings. The summed E-state index contributed by atoms with van der Waals surface area (Å²) in [5, 5.41) is 12.9. The summed E-state index contributed by atoms with van der Waals surface area (Å²) in [7, 11) is -3.76. The van der Waals surface area contributed by atoms with Crippen molar-refractivity contribution in [2.24, 2.45) is 0 Å². The van der Waals surface area contributed by atoms with E-state index in [9.17, 15) is 13.2 Å². The molecule has 9 nitrogen and oxygen atoms in total. The second-order valence-corrected chi connectivity index (χ2v) is 7.45. The molecule has 1 saturated heterocycles. The van der Waals surface area contributed by atoms with E-state index in [1.807, 2.05) is 13.8 Å². The fourth-order valence-corrected chi connectivity index (χ4v) is 4.14. The summed E-state index contributed by atoms with van der Waals surface area (Å²) in [6, 6.07) is 0. The fourth-order valence-electron chi connectivity index (χ4n) is 2.65. The lowest BCUT2D eigenvalue weighted by atomic mass is 10.3. The predicted molar refractivity (Wildman–Crippen MR) is 83.5 cm³/mol. The van der Waals surface area contributed by atoms with Gasteiger partial charge in [-0.05, 0) is 27.7 Å². The van der Waals surface area contributed by atoms with Crippen LogP contribution in [0.5, 0.6) is 0 Å². The molecule has 2 unspecified atom stereocenters. The summed E-state index contributed by atoms with van der Waals surface area (Å²) in [6.45, 7) is 7.11. The number of nitrogens with one attached hydrogen (secondary N) is 1. The smallest absolute Gasteiger partial charge is 0.325 e. The van der Waals surface area contributed by atoms with Crippen LogP contribution in [0.2, 0.25) is 0 Å². The van der Waals surface area contributed by atoms with E-state index in [-0.39, 0.29) is 31.8 Å². The van der Waals surface area contributed by atoms with E-state index in [4.69, 9.17) is 9.84 Å². The van der Waals surface area contributed by atoms with Gasteiger partial charge in [-0.25, -0.2) is 0 Å². The maximum absolute atomic E-state index is 12.6. The minimum Gasteiger partial charge on any atom is -0.480 e. The molecule has 2 N–H and O–H groups in total. The SMILES string of the molecule is Cc1nn(CC(=O)O)c(C)c1NS(=O)(=O)N1CC(C)OC(C)C1. The molecule has 0 amide bonds. The van der Waals surface area contributed by atoms with Crippen molar-refractivity contribution < 1.29 is 23.1 Å². The van der Waals surface area contributed by atoms with Crippen LogP contribution in [0.15, 0.2) is 0 Å². The number of carbonyl (C=O) groups is 1. The lowest BCUT2D eigenvalue weighted by molar-refractivity contribution is -0.137. The third kappa shape index (κ3) is 4.01. The molecule has 0 aromatic carbocycles. The van der Waals surface area contributed by atoms with E-state index >= 15 is 0 Å². The average molecular weight is 346 g/mol. The summed E-state index contributed by atoms with van der Waals surface area (Å²) >= 11 is 0. The molecule has 0 aliphatic carbocycles. The Labute approximate surface area is 135 Å². The molecule has 0 spiro atoms. The Kier molecular flexibility index (Phi) is 4.97. The number of morpholine rings is 1. The van der Waals surface area contributed by atoms with Crippen molar-refractivity contribution in [3.63, 3.8) is 0 Å². The molecular formula is C13H22N4O5S. The first-order chi connectivity index (χ1) is 10.6. The number of rotatable bonds is 5. The maximum Gasteiger partial charge on any atom is 0.325 e. The summed E-state index contributed by atoms with van der Waals surface area (Å²) in [5.74, 6) is -1.04. The molecule has 10 heteroatoms. The topological polar surface area (TPSA) is 114 Å². The Morgan fingerprint density at radius 3 is 2.43 bits per heavy atom. The molecule has 0 radical (unpaired) electrons. The van der Waals surface area contributed by atoms with Crippen molar-refractivity contribution in [2.75, 3.05) is 17.8 Å². The van der Waals surface area contributed by atoms with Gasteiger partial charge in [0.15, 0.2) is 0 Å². The van der Waals surface area contributed by atoms with Gasteiger partial charge in [0.2, 0.25) is 0 Å². The fraction of sp³-hybridized carbons (Fsp3) is 0.692. The van der Waals surface area contributed by atoms with Crippen LogP contribution in [0.3, 0.4) is 0 Å². The number of carboxylic acids is 1. The van der Waals surface area contributed by atoms with E-state index in [1.54, 1.807) is 13.8 Å². The van der Waals surface area contributed by atoms with Crippen molar-refractivity contribution in [2.45, 2.75) is 46.4 Å². The van der Waals surface area contributed by atoms with Crippen molar-refractivity contribution in [1.29, 1.82) is 0 Å². The highest BCUT2D eigenvalue weighted by atomic mass is 32.2. The van der Waals surface area contributed by atoms with E-state index in [0.717, 1.165) is 0 Å². The van der Waals surface area contributed by atoms with Crippen LogP contribution in [0, 0.1) is 13.8 Å². The molecular weight excluding hydrogens is 324 g/mol. The third-order valence-corrected chi connectivity index (χ3v) is 5.06. The van der Waals surface area contributed by atoms with E-state index in [1.165, 1.54) is 8.99 Å². The number of hydrogen-bond donors (Lipinski definition) is 2. The molecule has 1 aromatic heterocycles. The zero-order valence-corrected chi connectivity index (χ0v) is 14.4. The number of aromatic nitrogens is 2. The van der Waals surface area contributed by atoms with Crippen molar-refractivity contribution in [3.05, 3.63) is 11.4 Å². The van der Waals surface area contributed by atoms with Crippen LogP contribution < -0.4 is 4.72 Å². The number of aliphatic carboxylic acids is 1. The van der Waals surface area contributed by atoms with E-state index in [2.05, 4.69) is 9.82 Å². The number of aryl methyl sites for hydroxylation is 1. The largest absolute Gasteiger partial charge is 0.480 e. The number of anilines is 1. The molecule has 23 heavy (non-hydrogen) atoms. The van der Waals surface area contributed by atoms with Gasteiger partial charge in [0.1, 0.15) is 6.54 Å². The zero-order chi connectivity index (χ0) is 17.4. The molecule has 2 atom stereocenters. The lowest BCUT2D eigenvalue weighted by Crippen LogP contribution is -2.50. The maximum atomic E-state index is 12.6. The van der Waals surface area contributed by atoms with Gasteiger partial charge >= 0.3 is 16.2 Å². The van der Waals surface area contributed by atoms with E-state index in [0.29, 0.717) is 17.1 Å². The first-order valence-corrected chi connectivity index (χ1v) is 8.73. The third-order valence-electron chi connectivity index (χ3n) is 3.62. The quantitative estimate of drug-likeness (QED) is 0.795. The molecule has 1 aromatic rings.